The smallest absolute Gasteiger partial charge is 0.124 e. The zero-order chi connectivity index (χ0) is 12.7. The number of hydrogen-bond acceptors (Lipinski definition) is 2. The van der Waals surface area contributed by atoms with E-state index in [9.17, 15) is 5.11 Å². The van der Waals surface area contributed by atoms with Gasteiger partial charge in [0.1, 0.15) is 5.75 Å². The first-order valence-electron chi connectivity index (χ1n) is 6.55. The topological polar surface area (TPSA) is 29.5 Å². The highest BCUT2D eigenvalue weighted by molar-refractivity contribution is 5.35. The lowest BCUT2D eigenvalue weighted by molar-refractivity contribution is 0.0938. The first-order chi connectivity index (χ1) is 8.24. The van der Waals surface area contributed by atoms with Crippen LogP contribution in [0.2, 0.25) is 0 Å². The van der Waals surface area contributed by atoms with E-state index >= 15 is 0 Å². The van der Waals surface area contributed by atoms with Gasteiger partial charge in [0.2, 0.25) is 0 Å². The summed E-state index contributed by atoms with van der Waals surface area (Å²) in [7, 11) is 1.65. The lowest BCUT2D eigenvalue weighted by atomic mass is 9.88. The second kappa shape index (κ2) is 7.33. The van der Waals surface area contributed by atoms with E-state index in [2.05, 4.69) is 13.8 Å². The SMILES string of the molecule is CCCC(CCC)C(O)c1ccccc1OC. The van der Waals surface area contributed by atoms with Crippen LogP contribution in [-0.4, -0.2) is 12.2 Å². The zero-order valence-electron chi connectivity index (χ0n) is 11.1. The Kier molecular flexibility index (Phi) is 6.06. The van der Waals surface area contributed by atoms with Gasteiger partial charge in [-0.15, -0.1) is 0 Å². The zero-order valence-corrected chi connectivity index (χ0v) is 11.1. The molecule has 0 aliphatic rings. The molecule has 2 heteroatoms. The van der Waals surface area contributed by atoms with Gasteiger partial charge in [0.15, 0.2) is 0 Å². The van der Waals surface area contributed by atoms with Crippen LogP contribution in [0.3, 0.4) is 0 Å². The summed E-state index contributed by atoms with van der Waals surface area (Å²) in [6, 6.07) is 7.76. The second-order valence-corrected chi connectivity index (χ2v) is 4.52. The van der Waals surface area contributed by atoms with Crippen molar-refractivity contribution in [2.75, 3.05) is 7.11 Å². The number of hydrogen-bond donors (Lipinski definition) is 1. The molecule has 0 bridgehead atoms. The van der Waals surface area contributed by atoms with Crippen molar-refractivity contribution in [3.63, 3.8) is 0 Å². The summed E-state index contributed by atoms with van der Waals surface area (Å²) in [6.07, 6.45) is 3.93. The van der Waals surface area contributed by atoms with Crippen LogP contribution >= 0.6 is 0 Å². The Morgan fingerprint density at radius 1 is 1.12 bits per heavy atom. The molecule has 1 atom stereocenters. The maximum absolute atomic E-state index is 10.5. The molecule has 17 heavy (non-hydrogen) atoms. The van der Waals surface area contributed by atoms with Gasteiger partial charge >= 0.3 is 0 Å². The van der Waals surface area contributed by atoms with E-state index in [1.807, 2.05) is 24.3 Å². The van der Waals surface area contributed by atoms with Crippen LogP contribution in [0.15, 0.2) is 24.3 Å². The van der Waals surface area contributed by atoms with E-state index in [0.717, 1.165) is 37.0 Å². The highest BCUT2D eigenvalue weighted by Crippen LogP contribution is 2.34. The molecule has 0 amide bonds. The van der Waals surface area contributed by atoms with E-state index in [1.54, 1.807) is 7.11 Å². The van der Waals surface area contributed by atoms with Gasteiger partial charge < -0.3 is 9.84 Å². The summed E-state index contributed by atoms with van der Waals surface area (Å²) in [4.78, 5) is 0. The Morgan fingerprint density at radius 2 is 1.71 bits per heavy atom. The van der Waals surface area contributed by atoms with Crippen molar-refractivity contribution < 1.29 is 9.84 Å². The molecule has 0 saturated carbocycles. The molecule has 1 N–H and O–H groups in total. The highest BCUT2D eigenvalue weighted by atomic mass is 16.5. The molecule has 0 heterocycles. The molecule has 96 valence electrons. The molecule has 1 unspecified atom stereocenters. The Bertz CT molecular complexity index is 316. The summed E-state index contributed by atoms with van der Waals surface area (Å²) in [5.41, 5.74) is 0.918. The third-order valence-electron chi connectivity index (χ3n) is 3.22. The molecule has 0 spiro atoms. The minimum absolute atomic E-state index is 0.335. The average molecular weight is 236 g/mol. The van der Waals surface area contributed by atoms with Crippen LogP contribution in [0, 0.1) is 5.92 Å². The molecule has 1 aromatic rings. The molecular weight excluding hydrogens is 212 g/mol. The van der Waals surface area contributed by atoms with E-state index < -0.39 is 6.10 Å². The number of methoxy groups -OCH3 is 1. The summed E-state index contributed by atoms with van der Waals surface area (Å²) in [5, 5.41) is 10.5. The summed E-state index contributed by atoms with van der Waals surface area (Å²) in [5.74, 6) is 1.12. The van der Waals surface area contributed by atoms with Crippen LogP contribution in [0.1, 0.15) is 51.2 Å². The van der Waals surface area contributed by atoms with Crippen LogP contribution in [0.25, 0.3) is 0 Å². The van der Waals surface area contributed by atoms with E-state index in [4.69, 9.17) is 4.74 Å². The lowest BCUT2D eigenvalue weighted by Gasteiger charge is -2.23. The molecule has 1 aromatic carbocycles. The largest absolute Gasteiger partial charge is 0.496 e. The van der Waals surface area contributed by atoms with E-state index in [0.29, 0.717) is 5.92 Å². The molecule has 0 saturated heterocycles. The van der Waals surface area contributed by atoms with Gasteiger partial charge in [0.25, 0.3) is 0 Å². The standard InChI is InChI=1S/C15H24O2/c1-4-8-12(9-5-2)15(16)13-10-6-7-11-14(13)17-3/h6-7,10-12,15-16H,4-5,8-9H2,1-3H3. The molecule has 0 aliphatic heterocycles. The quantitative estimate of drug-likeness (QED) is 0.777. The summed E-state index contributed by atoms with van der Waals surface area (Å²) in [6.45, 7) is 4.33. The highest BCUT2D eigenvalue weighted by Gasteiger charge is 2.21. The van der Waals surface area contributed by atoms with E-state index in [1.165, 1.54) is 0 Å². The van der Waals surface area contributed by atoms with Crippen molar-refractivity contribution in [3.05, 3.63) is 29.8 Å². The Hall–Kier alpha value is -1.02. The molecule has 0 aliphatic carbocycles. The van der Waals surface area contributed by atoms with Crippen molar-refractivity contribution >= 4 is 0 Å². The fourth-order valence-corrected chi connectivity index (χ4v) is 2.37. The first kappa shape index (κ1) is 14.0. The van der Waals surface area contributed by atoms with E-state index in [-0.39, 0.29) is 0 Å². The number of rotatable bonds is 7. The second-order valence-electron chi connectivity index (χ2n) is 4.52. The van der Waals surface area contributed by atoms with Crippen molar-refractivity contribution in [1.82, 2.24) is 0 Å². The van der Waals surface area contributed by atoms with Gasteiger partial charge in [0.05, 0.1) is 13.2 Å². The maximum Gasteiger partial charge on any atom is 0.124 e. The fraction of sp³-hybridized carbons (Fsp3) is 0.600. The number of ether oxygens (including phenoxy) is 1. The van der Waals surface area contributed by atoms with Crippen molar-refractivity contribution in [1.29, 1.82) is 0 Å². The summed E-state index contributed by atoms with van der Waals surface area (Å²) >= 11 is 0. The first-order valence-corrected chi connectivity index (χ1v) is 6.55. The molecule has 1 rings (SSSR count). The van der Waals surface area contributed by atoms with Crippen molar-refractivity contribution in [2.24, 2.45) is 5.92 Å². The third kappa shape index (κ3) is 3.74. The predicted molar refractivity (Wildman–Crippen MR) is 71.3 cm³/mol. The lowest BCUT2D eigenvalue weighted by Crippen LogP contribution is -2.13. The minimum Gasteiger partial charge on any atom is -0.496 e. The number of para-hydroxylation sites is 1. The van der Waals surface area contributed by atoms with Gasteiger partial charge in [-0.3, -0.25) is 0 Å². The third-order valence-corrected chi connectivity index (χ3v) is 3.22. The van der Waals surface area contributed by atoms with Crippen molar-refractivity contribution in [3.8, 4) is 5.75 Å². The number of benzene rings is 1. The van der Waals surface area contributed by atoms with Crippen LogP contribution in [-0.2, 0) is 0 Å². The minimum atomic E-state index is -0.411. The number of aliphatic hydroxyl groups excluding tert-OH is 1. The average Bonchev–Trinajstić information content (AvgIpc) is 2.37. The fourth-order valence-electron chi connectivity index (χ4n) is 2.37. The van der Waals surface area contributed by atoms with Crippen molar-refractivity contribution in [2.45, 2.75) is 45.6 Å². The van der Waals surface area contributed by atoms with Crippen LogP contribution in [0.4, 0.5) is 0 Å². The Labute approximate surface area is 105 Å². The van der Waals surface area contributed by atoms with Crippen LogP contribution < -0.4 is 4.74 Å². The Morgan fingerprint density at radius 3 is 2.24 bits per heavy atom. The molecule has 0 fully saturated rings. The number of aliphatic hydroxyl groups is 1. The summed E-state index contributed by atoms with van der Waals surface area (Å²) < 4.78 is 5.31. The van der Waals surface area contributed by atoms with Gasteiger partial charge in [-0.2, -0.15) is 0 Å². The predicted octanol–water partition coefficient (Wildman–Crippen LogP) is 3.95. The molecular formula is C15H24O2. The van der Waals surface area contributed by atoms with Gasteiger partial charge in [-0.25, -0.2) is 0 Å². The monoisotopic (exact) mass is 236 g/mol. The van der Waals surface area contributed by atoms with Gasteiger partial charge in [0, 0.05) is 5.56 Å². The van der Waals surface area contributed by atoms with Gasteiger partial charge in [-0.05, 0) is 24.8 Å². The normalized spacial score (nSPS) is 12.8. The molecule has 0 aromatic heterocycles. The maximum atomic E-state index is 10.5. The van der Waals surface area contributed by atoms with Gasteiger partial charge in [-0.1, -0.05) is 44.9 Å². The van der Waals surface area contributed by atoms with Crippen LogP contribution in [0.5, 0.6) is 5.75 Å². The Balaban J connectivity index is 2.87. The molecule has 0 radical (unpaired) electrons. The molecule has 2 nitrogen and oxygen atoms in total.